The molecule has 1 atom stereocenters. The van der Waals surface area contributed by atoms with Crippen molar-refractivity contribution < 1.29 is 8.78 Å². The van der Waals surface area contributed by atoms with Crippen molar-refractivity contribution in [2.24, 2.45) is 5.73 Å². The van der Waals surface area contributed by atoms with Gasteiger partial charge >= 0.3 is 0 Å². The molecule has 1 rings (SSSR count). The van der Waals surface area contributed by atoms with Gasteiger partial charge in [0, 0.05) is 6.04 Å². The van der Waals surface area contributed by atoms with Gasteiger partial charge in [-0.25, -0.2) is 4.39 Å². The van der Waals surface area contributed by atoms with Crippen molar-refractivity contribution in [1.29, 1.82) is 0 Å². The van der Waals surface area contributed by atoms with Crippen LogP contribution >= 0.6 is 12.4 Å². The Morgan fingerprint density at radius 3 is 2.23 bits per heavy atom. The van der Waals surface area contributed by atoms with Crippen LogP contribution in [0.4, 0.5) is 8.78 Å². The number of benzene rings is 1. The summed E-state index contributed by atoms with van der Waals surface area (Å²) in [6.07, 6.45) is 0.283. The molecule has 0 saturated heterocycles. The Bertz CT molecular complexity index is 238. The van der Waals surface area contributed by atoms with E-state index >= 15 is 0 Å². The minimum Gasteiger partial charge on any atom is -0.324 e. The third-order valence-corrected chi connectivity index (χ3v) is 1.72. The fourth-order valence-corrected chi connectivity index (χ4v) is 0.994. The van der Waals surface area contributed by atoms with Crippen LogP contribution in [0.25, 0.3) is 0 Å². The molecule has 0 aromatic heterocycles. The van der Waals surface area contributed by atoms with E-state index in [1.807, 2.05) is 0 Å². The minimum atomic E-state index is -0.446. The van der Waals surface area contributed by atoms with E-state index in [0.29, 0.717) is 0 Å². The summed E-state index contributed by atoms with van der Waals surface area (Å²) in [7, 11) is 0. The van der Waals surface area contributed by atoms with Crippen LogP contribution in [0.3, 0.4) is 0 Å². The molecule has 1 nitrogen and oxygen atoms in total. The Morgan fingerprint density at radius 1 is 1.23 bits per heavy atom. The van der Waals surface area contributed by atoms with E-state index in [1.54, 1.807) is 12.1 Å². The van der Waals surface area contributed by atoms with Gasteiger partial charge in [0.1, 0.15) is 5.82 Å². The highest BCUT2D eigenvalue weighted by Gasteiger charge is 2.04. The maximum Gasteiger partial charge on any atom is 0.123 e. The second-order valence-corrected chi connectivity index (χ2v) is 2.64. The van der Waals surface area contributed by atoms with Crippen molar-refractivity contribution in [1.82, 2.24) is 0 Å². The highest BCUT2D eigenvalue weighted by Crippen LogP contribution is 2.14. The van der Waals surface area contributed by atoms with E-state index in [1.165, 1.54) is 12.1 Å². The van der Waals surface area contributed by atoms with Gasteiger partial charge in [-0.3, -0.25) is 4.39 Å². The van der Waals surface area contributed by atoms with Crippen LogP contribution in [0.5, 0.6) is 0 Å². The van der Waals surface area contributed by atoms with E-state index in [2.05, 4.69) is 0 Å². The molecule has 0 aliphatic heterocycles. The Kier molecular flexibility index (Phi) is 5.58. The maximum atomic E-state index is 12.4. The molecule has 0 amide bonds. The quantitative estimate of drug-likeness (QED) is 0.810. The average molecular weight is 208 g/mol. The fourth-order valence-electron chi connectivity index (χ4n) is 0.994. The topological polar surface area (TPSA) is 26.0 Å². The second-order valence-electron chi connectivity index (χ2n) is 2.64. The van der Waals surface area contributed by atoms with E-state index in [4.69, 9.17) is 5.73 Å². The van der Waals surface area contributed by atoms with Crippen molar-refractivity contribution in [2.75, 3.05) is 6.67 Å². The van der Waals surface area contributed by atoms with Crippen LogP contribution < -0.4 is 5.73 Å². The molecule has 0 spiro atoms. The number of hydrogen-bond acceptors (Lipinski definition) is 1. The molecule has 0 bridgehead atoms. The number of halogens is 3. The lowest BCUT2D eigenvalue weighted by atomic mass is 10.1. The SMILES string of the molecule is Cl.N[C@@H](CCF)c1ccc(F)cc1. The third kappa shape index (κ3) is 3.70. The summed E-state index contributed by atoms with van der Waals surface area (Å²) in [6, 6.07) is 5.49. The Labute approximate surface area is 82.4 Å². The van der Waals surface area contributed by atoms with Crippen molar-refractivity contribution in [3.63, 3.8) is 0 Å². The number of rotatable bonds is 3. The molecule has 0 fully saturated rings. The van der Waals surface area contributed by atoms with Crippen LogP contribution in [0.2, 0.25) is 0 Å². The summed E-state index contributed by atoms with van der Waals surface area (Å²) in [6.45, 7) is -0.446. The van der Waals surface area contributed by atoms with Gasteiger partial charge in [0.2, 0.25) is 0 Å². The van der Waals surface area contributed by atoms with Gasteiger partial charge in [-0.05, 0) is 24.1 Å². The van der Waals surface area contributed by atoms with E-state index < -0.39 is 6.67 Å². The number of hydrogen-bond donors (Lipinski definition) is 1. The van der Waals surface area contributed by atoms with Gasteiger partial charge < -0.3 is 5.73 Å². The normalized spacial score (nSPS) is 11.9. The lowest BCUT2D eigenvalue weighted by Crippen LogP contribution is -2.10. The molecule has 0 saturated carbocycles. The van der Waals surface area contributed by atoms with Crippen LogP contribution in [-0.4, -0.2) is 6.67 Å². The summed E-state index contributed by atoms with van der Waals surface area (Å²) in [5.41, 5.74) is 6.37. The van der Waals surface area contributed by atoms with E-state index in [9.17, 15) is 8.78 Å². The highest BCUT2D eigenvalue weighted by molar-refractivity contribution is 5.85. The summed E-state index contributed by atoms with van der Waals surface area (Å²) >= 11 is 0. The van der Waals surface area contributed by atoms with Gasteiger partial charge in [0.25, 0.3) is 0 Å². The summed E-state index contributed by atoms with van der Waals surface area (Å²) < 4.78 is 24.3. The van der Waals surface area contributed by atoms with Crippen LogP contribution in [0.15, 0.2) is 24.3 Å². The first-order chi connectivity index (χ1) is 5.74. The van der Waals surface area contributed by atoms with Gasteiger partial charge in [0.05, 0.1) is 6.67 Å². The zero-order valence-corrected chi connectivity index (χ0v) is 7.86. The summed E-state index contributed by atoms with van der Waals surface area (Å²) in [4.78, 5) is 0. The number of alkyl halides is 1. The first-order valence-corrected chi connectivity index (χ1v) is 3.81. The molecule has 4 heteroatoms. The molecule has 1 aromatic carbocycles. The van der Waals surface area contributed by atoms with Gasteiger partial charge in [-0.2, -0.15) is 0 Å². The highest BCUT2D eigenvalue weighted by atomic mass is 35.5. The predicted octanol–water partition coefficient (Wildman–Crippen LogP) is 2.61. The summed E-state index contributed by atoms with van der Waals surface area (Å²) in [5.74, 6) is -0.300. The molecule has 0 aliphatic carbocycles. The molecular weight excluding hydrogens is 196 g/mol. The average Bonchev–Trinajstić information content (AvgIpc) is 2.06. The molecule has 13 heavy (non-hydrogen) atoms. The molecule has 0 heterocycles. The zero-order valence-electron chi connectivity index (χ0n) is 7.04. The van der Waals surface area contributed by atoms with E-state index in [0.717, 1.165) is 5.56 Å². The van der Waals surface area contributed by atoms with Crippen molar-refractivity contribution in [3.8, 4) is 0 Å². The van der Waals surface area contributed by atoms with Gasteiger partial charge in [-0.15, -0.1) is 12.4 Å². The van der Waals surface area contributed by atoms with Gasteiger partial charge in [-0.1, -0.05) is 12.1 Å². The smallest absolute Gasteiger partial charge is 0.123 e. The zero-order chi connectivity index (χ0) is 8.97. The molecule has 1 aromatic rings. The molecule has 0 aliphatic rings. The fraction of sp³-hybridized carbons (Fsp3) is 0.333. The van der Waals surface area contributed by atoms with Crippen LogP contribution in [0, 0.1) is 5.82 Å². The van der Waals surface area contributed by atoms with Crippen LogP contribution in [-0.2, 0) is 0 Å². The molecular formula is C9H12ClF2N. The standard InChI is InChI=1S/C9H11F2N.ClH/c10-6-5-9(12)7-1-3-8(11)4-2-7;/h1-4,9H,5-6,12H2;1H/t9-;/m0./s1. The van der Waals surface area contributed by atoms with E-state index in [-0.39, 0.29) is 30.7 Å². The molecule has 0 unspecified atom stereocenters. The largest absolute Gasteiger partial charge is 0.324 e. The third-order valence-electron chi connectivity index (χ3n) is 1.72. The second kappa shape index (κ2) is 5.89. The van der Waals surface area contributed by atoms with Crippen molar-refractivity contribution in [2.45, 2.75) is 12.5 Å². The monoisotopic (exact) mass is 207 g/mol. The Hall–Kier alpha value is -0.670. The summed E-state index contributed by atoms with van der Waals surface area (Å²) in [5, 5.41) is 0. The first-order valence-electron chi connectivity index (χ1n) is 3.81. The first kappa shape index (κ1) is 12.3. The molecule has 0 radical (unpaired) electrons. The predicted molar refractivity (Wildman–Crippen MR) is 51.2 cm³/mol. The minimum absolute atomic E-state index is 0. The number of nitrogens with two attached hydrogens (primary N) is 1. The van der Waals surface area contributed by atoms with Crippen LogP contribution in [0.1, 0.15) is 18.0 Å². The lowest BCUT2D eigenvalue weighted by Gasteiger charge is -2.08. The van der Waals surface area contributed by atoms with Gasteiger partial charge in [0.15, 0.2) is 0 Å². The Morgan fingerprint density at radius 2 is 1.77 bits per heavy atom. The lowest BCUT2D eigenvalue weighted by molar-refractivity contribution is 0.441. The van der Waals surface area contributed by atoms with Crippen molar-refractivity contribution in [3.05, 3.63) is 35.6 Å². The molecule has 2 N–H and O–H groups in total. The Balaban J connectivity index is 0.00000144. The maximum absolute atomic E-state index is 12.4. The van der Waals surface area contributed by atoms with Crippen molar-refractivity contribution >= 4 is 12.4 Å². The molecule has 74 valence electrons.